The minimum absolute atomic E-state index is 0.0470. The number of hydrogen-bond donors (Lipinski definition) is 2. The molecule has 296 valence electrons. The van der Waals surface area contributed by atoms with Crippen LogP contribution in [0.2, 0.25) is 0 Å². The fourth-order valence-corrected chi connectivity index (χ4v) is 5.97. The van der Waals surface area contributed by atoms with Gasteiger partial charge in [0, 0.05) is 19.4 Å². The Morgan fingerprint density at radius 2 is 1.02 bits per heavy atom. The molecular formula is C41H74NO8P. The lowest BCUT2D eigenvalue weighted by molar-refractivity contribution is -0.161. The molecule has 0 fully saturated rings. The SMILES string of the molecule is CCCCC/C=C\C/C=C\C/C=C\C/C=C\CCCCCC(=O)O[C@H](COC(=O)CCCCCCCCCCCCC)COP(=O)(O)OCCN. The van der Waals surface area contributed by atoms with Gasteiger partial charge in [-0.1, -0.05) is 146 Å². The zero-order valence-electron chi connectivity index (χ0n) is 32.3. The summed E-state index contributed by atoms with van der Waals surface area (Å²) in [6.07, 6.45) is 41.4. The molecule has 1 unspecified atom stereocenters. The average Bonchev–Trinajstić information content (AvgIpc) is 3.11. The van der Waals surface area contributed by atoms with Crippen molar-refractivity contribution in [1.29, 1.82) is 0 Å². The average molecular weight is 740 g/mol. The molecule has 51 heavy (non-hydrogen) atoms. The van der Waals surface area contributed by atoms with E-state index in [0.29, 0.717) is 6.42 Å². The van der Waals surface area contributed by atoms with E-state index in [-0.39, 0.29) is 32.6 Å². The van der Waals surface area contributed by atoms with Crippen molar-refractivity contribution < 1.29 is 37.6 Å². The van der Waals surface area contributed by atoms with Crippen LogP contribution in [0.1, 0.15) is 168 Å². The number of allylic oxidation sites excluding steroid dienone is 8. The van der Waals surface area contributed by atoms with Gasteiger partial charge in [0.05, 0.1) is 13.2 Å². The quantitative estimate of drug-likeness (QED) is 0.0276. The van der Waals surface area contributed by atoms with Crippen molar-refractivity contribution in [2.24, 2.45) is 5.73 Å². The summed E-state index contributed by atoms with van der Waals surface area (Å²) >= 11 is 0. The molecule has 2 atom stereocenters. The van der Waals surface area contributed by atoms with Gasteiger partial charge in [-0.2, -0.15) is 0 Å². The molecular weight excluding hydrogens is 665 g/mol. The van der Waals surface area contributed by atoms with Crippen molar-refractivity contribution in [3.05, 3.63) is 48.6 Å². The minimum atomic E-state index is -4.38. The van der Waals surface area contributed by atoms with Gasteiger partial charge in [0.25, 0.3) is 0 Å². The van der Waals surface area contributed by atoms with Gasteiger partial charge in [0.1, 0.15) is 6.61 Å². The smallest absolute Gasteiger partial charge is 0.462 e. The number of unbranched alkanes of at least 4 members (excludes halogenated alkanes) is 16. The highest BCUT2D eigenvalue weighted by Crippen LogP contribution is 2.43. The third-order valence-electron chi connectivity index (χ3n) is 8.22. The molecule has 0 aliphatic heterocycles. The molecule has 3 N–H and O–H groups in total. The molecule has 0 saturated heterocycles. The van der Waals surface area contributed by atoms with E-state index in [1.165, 1.54) is 77.0 Å². The van der Waals surface area contributed by atoms with Gasteiger partial charge in [-0.05, 0) is 57.8 Å². The molecule has 0 aromatic carbocycles. The lowest BCUT2D eigenvalue weighted by Crippen LogP contribution is -2.29. The van der Waals surface area contributed by atoms with Crippen LogP contribution in [0.15, 0.2) is 48.6 Å². The molecule has 0 saturated carbocycles. The van der Waals surface area contributed by atoms with Gasteiger partial charge in [0.2, 0.25) is 0 Å². The standard InChI is InChI=1S/C41H74NO8P/c1-3-5-7-9-11-13-15-16-17-18-19-20-21-22-24-26-28-30-32-34-41(44)50-39(38-49-51(45,46)48-36-35-42)37-47-40(43)33-31-29-27-25-23-14-12-10-8-6-4-2/h11,13,16-17,19-20,22,24,39H,3-10,12,14-15,18,21,23,25-38,42H2,1-2H3,(H,45,46)/b13-11-,17-16-,20-19-,24-22-/t39-/m1/s1. The molecule has 0 spiro atoms. The Morgan fingerprint density at radius 3 is 1.55 bits per heavy atom. The van der Waals surface area contributed by atoms with Gasteiger partial charge < -0.3 is 20.1 Å². The summed E-state index contributed by atoms with van der Waals surface area (Å²) in [6, 6.07) is 0. The van der Waals surface area contributed by atoms with Crippen LogP contribution in [-0.2, 0) is 32.7 Å². The molecule has 0 aromatic rings. The highest BCUT2D eigenvalue weighted by molar-refractivity contribution is 7.47. The Labute approximate surface area is 311 Å². The minimum Gasteiger partial charge on any atom is -0.462 e. The lowest BCUT2D eigenvalue weighted by atomic mass is 10.1. The number of carbonyl (C=O) groups excluding carboxylic acids is 2. The van der Waals surface area contributed by atoms with Crippen molar-refractivity contribution in [3.63, 3.8) is 0 Å². The summed E-state index contributed by atoms with van der Waals surface area (Å²) in [5, 5.41) is 0. The van der Waals surface area contributed by atoms with Crippen LogP contribution in [0.5, 0.6) is 0 Å². The van der Waals surface area contributed by atoms with Crippen molar-refractivity contribution in [2.45, 2.75) is 174 Å². The predicted octanol–water partition coefficient (Wildman–Crippen LogP) is 11.2. The highest BCUT2D eigenvalue weighted by atomic mass is 31.2. The van der Waals surface area contributed by atoms with Gasteiger partial charge in [0.15, 0.2) is 6.10 Å². The first-order valence-corrected chi connectivity index (χ1v) is 21.6. The van der Waals surface area contributed by atoms with Gasteiger partial charge >= 0.3 is 19.8 Å². The summed E-state index contributed by atoms with van der Waals surface area (Å²) in [6.45, 7) is 3.64. The fourth-order valence-electron chi connectivity index (χ4n) is 5.20. The Kier molecular flexibility index (Phi) is 36.2. The highest BCUT2D eigenvalue weighted by Gasteiger charge is 2.25. The van der Waals surface area contributed by atoms with Crippen LogP contribution in [-0.4, -0.2) is 49.3 Å². The van der Waals surface area contributed by atoms with Crippen LogP contribution in [0.25, 0.3) is 0 Å². The first-order chi connectivity index (χ1) is 24.8. The summed E-state index contributed by atoms with van der Waals surface area (Å²) in [7, 11) is -4.38. The van der Waals surface area contributed by atoms with Crippen molar-refractivity contribution in [3.8, 4) is 0 Å². The predicted molar refractivity (Wildman–Crippen MR) is 210 cm³/mol. The number of hydrogen-bond acceptors (Lipinski definition) is 8. The molecule has 0 bridgehead atoms. The molecule has 0 aliphatic carbocycles. The van der Waals surface area contributed by atoms with Crippen LogP contribution >= 0.6 is 7.82 Å². The van der Waals surface area contributed by atoms with Gasteiger partial charge in [-0.25, -0.2) is 4.57 Å². The van der Waals surface area contributed by atoms with E-state index in [2.05, 4.69) is 62.5 Å². The number of carbonyl (C=O) groups is 2. The van der Waals surface area contributed by atoms with E-state index in [4.69, 9.17) is 24.3 Å². The number of esters is 2. The van der Waals surface area contributed by atoms with Gasteiger partial charge in [-0.15, -0.1) is 0 Å². The monoisotopic (exact) mass is 740 g/mol. The van der Waals surface area contributed by atoms with E-state index in [1.807, 2.05) is 0 Å². The second-order valence-corrected chi connectivity index (χ2v) is 14.6. The summed E-state index contributed by atoms with van der Waals surface area (Å²) in [4.78, 5) is 34.7. The number of ether oxygens (including phenoxy) is 2. The third-order valence-corrected chi connectivity index (χ3v) is 9.20. The van der Waals surface area contributed by atoms with Crippen LogP contribution in [0.3, 0.4) is 0 Å². The van der Waals surface area contributed by atoms with Crippen molar-refractivity contribution in [2.75, 3.05) is 26.4 Å². The second-order valence-electron chi connectivity index (χ2n) is 13.2. The fraction of sp³-hybridized carbons (Fsp3) is 0.756. The van der Waals surface area contributed by atoms with E-state index in [0.717, 1.165) is 57.8 Å². The zero-order chi connectivity index (χ0) is 37.5. The maximum atomic E-state index is 12.5. The lowest BCUT2D eigenvalue weighted by Gasteiger charge is -2.19. The van der Waals surface area contributed by atoms with Crippen LogP contribution < -0.4 is 5.73 Å². The number of rotatable bonds is 37. The second kappa shape index (κ2) is 37.7. The molecule has 9 nitrogen and oxygen atoms in total. The van der Waals surface area contributed by atoms with E-state index < -0.39 is 32.5 Å². The molecule has 0 aliphatic rings. The first-order valence-electron chi connectivity index (χ1n) is 20.1. The maximum Gasteiger partial charge on any atom is 0.472 e. The number of phosphoric ester groups is 1. The Morgan fingerprint density at radius 1 is 0.588 bits per heavy atom. The largest absolute Gasteiger partial charge is 0.472 e. The third kappa shape index (κ3) is 37.5. The molecule has 0 aromatic heterocycles. The van der Waals surface area contributed by atoms with E-state index >= 15 is 0 Å². The number of phosphoric acid groups is 1. The van der Waals surface area contributed by atoms with Crippen molar-refractivity contribution >= 4 is 19.8 Å². The maximum absolute atomic E-state index is 12.5. The molecule has 0 amide bonds. The van der Waals surface area contributed by atoms with E-state index in [9.17, 15) is 19.0 Å². The molecule has 10 heteroatoms. The summed E-state index contributed by atoms with van der Waals surface area (Å²) in [5.74, 6) is -0.867. The number of nitrogens with two attached hydrogens (primary N) is 1. The molecule has 0 radical (unpaired) electrons. The van der Waals surface area contributed by atoms with Gasteiger partial charge in [-0.3, -0.25) is 18.6 Å². The topological polar surface area (TPSA) is 134 Å². The van der Waals surface area contributed by atoms with E-state index in [1.54, 1.807) is 0 Å². The zero-order valence-corrected chi connectivity index (χ0v) is 33.2. The van der Waals surface area contributed by atoms with Crippen LogP contribution in [0, 0.1) is 0 Å². The Hall–Kier alpha value is -2.03. The first kappa shape index (κ1) is 49.0. The summed E-state index contributed by atoms with van der Waals surface area (Å²) < 4.78 is 32.6. The van der Waals surface area contributed by atoms with Crippen molar-refractivity contribution in [1.82, 2.24) is 0 Å². The van der Waals surface area contributed by atoms with Crippen LogP contribution in [0.4, 0.5) is 0 Å². The Bertz CT molecular complexity index is 981. The normalized spacial score (nSPS) is 13.9. The Balaban J connectivity index is 4.26. The summed E-state index contributed by atoms with van der Waals surface area (Å²) in [5.41, 5.74) is 5.33. The molecule has 0 rings (SSSR count). The molecule has 0 heterocycles.